The number of para-hydroxylation sites is 2. The first-order chi connectivity index (χ1) is 11.1. The van der Waals surface area contributed by atoms with E-state index in [1.807, 2.05) is 73.6 Å². The minimum atomic E-state index is 0. The molecule has 138 valence electrons. The Kier molecular flexibility index (Phi) is 10.9. The third-order valence-electron chi connectivity index (χ3n) is 3.80. The van der Waals surface area contributed by atoms with Crippen LogP contribution in [0.2, 0.25) is 0 Å². The van der Waals surface area contributed by atoms with Gasteiger partial charge in [0.05, 0.1) is 0 Å². The van der Waals surface area contributed by atoms with Crippen LogP contribution in [0.4, 0.5) is 11.4 Å². The smallest absolute Gasteiger partial charge is 0.227 e. The van der Waals surface area contributed by atoms with E-state index in [4.69, 9.17) is 5.73 Å². The molecule has 0 spiro atoms. The molecule has 1 amide bonds. The number of hydrogen-bond acceptors (Lipinski definition) is 3. The van der Waals surface area contributed by atoms with E-state index < -0.39 is 0 Å². The number of anilines is 2. The second-order valence-electron chi connectivity index (χ2n) is 5.88. The van der Waals surface area contributed by atoms with Crippen LogP contribution in [-0.2, 0) is 11.2 Å². The Hall–Kier alpha value is -1.75. The lowest BCUT2D eigenvalue weighted by Crippen LogP contribution is -2.36. The molecule has 0 atom stereocenters. The van der Waals surface area contributed by atoms with Gasteiger partial charge in [0.15, 0.2) is 0 Å². The largest absolute Gasteiger partial charge is 0.399 e. The number of hydrogen-bond donors (Lipinski definition) is 1. The van der Waals surface area contributed by atoms with Crippen LogP contribution in [0.1, 0.15) is 12.0 Å². The summed E-state index contributed by atoms with van der Waals surface area (Å²) in [5.74, 6) is 0.126. The van der Waals surface area contributed by atoms with Crippen molar-refractivity contribution in [2.45, 2.75) is 12.8 Å². The molecule has 2 aromatic carbocycles. The van der Waals surface area contributed by atoms with E-state index in [-0.39, 0.29) is 30.7 Å². The first-order valence-corrected chi connectivity index (χ1v) is 7.91. The monoisotopic (exact) mass is 383 g/mol. The van der Waals surface area contributed by atoms with Gasteiger partial charge in [0.25, 0.3) is 0 Å². The van der Waals surface area contributed by atoms with Crippen molar-refractivity contribution < 1.29 is 4.79 Å². The number of likely N-dealkylation sites (N-methyl/N-ethyl adjacent to an activating group) is 1. The molecule has 0 bridgehead atoms. The van der Waals surface area contributed by atoms with Crippen LogP contribution in [0.3, 0.4) is 0 Å². The number of carbonyl (C=O) groups is 1. The number of rotatable bonds is 7. The molecule has 0 saturated carbocycles. The molecule has 4 nitrogen and oxygen atoms in total. The highest BCUT2D eigenvalue weighted by Gasteiger charge is 2.16. The molecule has 25 heavy (non-hydrogen) atoms. The van der Waals surface area contributed by atoms with Crippen LogP contribution >= 0.6 is 24.8 Å². The number of carbonyl (C=O) groups excluding carboxylic acids is 1. The maximum absolute atomic E-state index is 12.7. The molecule has 0 radical (unpaired) electrons. The van der Waals surface area contributed by atoms with Gasteiger partial charge < -0.3 is 15.5 Å². The van der Waals surface area contributed by atoms with Crippen molar-refractivity contribution in [1.29, 1.82) is 0 Å². The maximum atomic E-state index is 12.7. The highest BCUT2D eigenvalue weighted by molar-refractivity contribution is 5.93. The molecule has 0 unspecified atom stereocenters. The van der Waals surface area contributed by atoms with Gasteiger partial charge >= 0.3 is 0 Å². The van der Waals surface area contributed by atoms with Crippen LogP contribution < -0.4 is 10.6 Å². The Morgan fingerprint density at radius 1 is 0.920 bits per heavy atom. The number of benzene rings is 2. The zero-order chi connectivity index (χ0) is 16.7. The molecule has 0 aliphatic heterocycles. The van der Waals surface area contributed by atoms with Gasteiger partial charge in [0, 0.05) is 30.9 Å². The SMILES string of the molecule is CN(C)CCN(C(=O)CCc1ccccc1N)c1ccccc1.Cl.Cl. The van der Waals surface area contributed by atoms with Crippen molar-refractivity contribution in [3.8, 4) is 0 Å². The molecular weight excluding hydrogens is 357 g/mol. The predicted octanol–water partition coefficient (Wildman–Crippen LogP) is 3.64. The molecule has 6 heteroatoms. The van der Waals surface area contributed by atoms with Crippen molar-refractivity contribution in [3.05, 3.63) is 60.2 Å². The third kappa shape index (κ3) is 7.34. The van der Waals surface area contributed by atoms with E-state index in [1.165, 1.54) is 0 Å². The normalized spacial score (nSPS) is 9.88. The van der Waals surface area contributed by atoms with Gasteiger partial charge in [0.1, 0.15) is 0 Å². The molecule has 0 heterocycles. The number of amides is 1. The molecule has 0 saturated heterocycles. The van der Waals surface area contributed by atoms with Crippen molar-refractivity contribution in [3.63, 3.8) is 0 Å². The number of nitrogens with zero attached hydrogens (tertiary/aromatic N) is 2. The summed E-state index contributed by atoms with van der Waals surface area (Å²) in [5.41, 5.74) is 8.68. The number of nitrogen functional groups attached to an aromatic ring is 1. The lowest BCUT2D eigenvalue weighted by atomic mass is 10.1. The van der Waals surface area contributed by atoms with E-state index in [1.54, 1.807) is 0 Å². The highest BCUT2D eigenvalue weighted by Crippen LogP contribution is 2.17. The summed E-state index contributed by atoms with van der Waals surface area (Å²) < 4.78 is 0. The van der Waals surface area contributed by atoms with E-state index in [9.17, 15) is 4.79 Å². The minimum Gasteiger partial charge on any atom is -0.399 e. The Bertz CT molecular complexity index is 636. The Morgan fingerprint density at radius 3 is 2.12 bits per heavy atom. The van der Waals surface area contributed by atoms with E-state index in [0.29, 0.717) is 19.4 Å². The summed E-state index contributed by atoms with van der Waals surface area (Å²) in [6, 6.07) is 17.6. The van der Waals surface area contributed by atoms with Crippen LogP contribution in [0.25, 0.3) is 0 Å². The second kappa shape index (κ2) is 11.7. The van der Waals surface area contributed by atoms with Crippen LogP contribution in [0, 0.1) is 0 Å². The zero-order valence-corrected chi connectivity index (χ0v) is 16.4. The Morgan fingerprint density at radius 2 is 1.52 bits per heavy atom. The van der Waals surface area contributed by atoms with E-state index in [0.717, 1.165) is 23.5 Å². The van der Waals surface area contributed by atoms with Gasteiger partial charge in [-0.25, -0.2) is 0 Å². The molecule has 0 fully saturated rings. The molecule has 0 aliphatic rings. The average molecular weight is 384 g/mol. The van der Waals surface area contributed by atoms with Crippen molar-refractivity contribution in [2.24, 2.45) is 0 Å². The number of halogens is 2. The van der Waals surface area contributed by atoms with Gasteiger partial charge in [-0.1, -0.05) is 36.4 Å². The fourth-order valence-electron chi connectivity index (χ4n) is 2.44. The summed E-state index contributed by atoms with van der Waals surface area (Å²) >= 11 is 0. The average Bonchev–Trinajstić information content (AvgIpc) is 2.55. The predicted molar refractivity (Wildman–Crippen MR) is 111 cm³/mol. The molecule has 2 rings (SSSR count). The van der Waals surface area contributed by atoms with Crippen molar-refractivity contribution in [2.75, 3.05) is 37.8 Å². The number of aryl methyl sites for hydroxylation is 1. The van der Waals surface area contributed by atoms with E-state index in [2.05, 4.69) is 4.90 Å². The highest BCUT2D eigenvalue weighted by atomic mass is 35.5. The summed E-state index contributed by atoms with van der Waals surface area (Å²) in [6.45, 7) is 1.51. The van der Waals surface area contributed by atoms with Gasteiger partial charge in [0.2, 0.25) is 5.91 Å². The molecule has 2 aromatic rings. The van der Waals surface area contributed by atoms with Crippen LogP contribution in [0.5, 0.6) is 0 Å². The zero-order valence-electron chi connectivity index (χ0n) is 14.7. The summed E-state index contributed by atoms with van der Waals surface area (Å²) in [4.78, 5) is 16.6. The second-order valence-corrected chi connectivity index (χ2v) is 5.88. The maximum Gasteiger partial charge on any atom is 0.227 e. The van der Waals surface area contributed by atoms with Crippen molar-refractivity contribution in [1.82, 2.24) is 4.90 Å². The van der Waals surface area contributed by atoms with Gasteiger partial charge in [-0.15, -0.1) is 24.8 Å². The minimum absolute atomic E-state index is 0. The quantitative estimate of drug-likeness (QED) is 0.742. The first-order valence-electron chi connectivity index (χ1n) is 7.91. The lowest BCUT2D eigenvalue weighted by Gasteiger charge is -2.24. The van der Waals surface area contributed by atoms with Gasteiger partial charge in [-0.05, 0) is 44.3 Å². The molecule has 0 aromatic heterocycles. The third-order valence-corrected chi connectivity index (χ3v) is 3.80. The topological polar surface area (TPSA) is 49.6 Å². The number of nitrogens with two attached hydrogens (primary N) is 1. The summed E-state index contributed by atoms with van der Waals surface area (Å²) in [5, 5.41) is 0. The van der Waals surface area contributed by atoms with Gasteiger partial charge in [-0.2, -0.15) is 0 Å². The standard InChI is InChI=1S/C19H25N3O.2ClH/c1-21(2)14-15-22(17-9-4-3-5-10-17)19(23)13-12-16-8-6-7-11-18(16)20;;/h3-11H,12-15,20H2,1-2H3;2*1H. The molecular formula is C19H27Cl2N3O. The summed E-state index contributed by atoms with van der Waals surface area (Å²) in [7, 11) is 4.02. The van der Waals surface area contributed by atoms with Crippen molar-refractivity contribution >= 4 is 42.1 Å². The fraction of sp³-hybridized carbons (Fsp3) is 0.316. The van der Waals surface area contributed by atoms with Gasteiger partial charge in [-0.3, -0.25) is 4.79 Å². The summed E-state index contributed by atoms with van der Waals surface area (Å²) in [6.07, 6.45) is 1.12. The fourth-order valence-corrected chi connectivity index (χ4v) is 2.44. The van der Waals surface area contributed by atoms with Crippen LogP contribution in [-0.4, -0.2) is 38.0 Å². The Balaban J connectivity index is 0.00000288. The molecule has 0 aliphatic carbocycles. The van der Waals surface area contributed by atoms with E-state index >= 15 is 0 Å². The lowest BCUT2D eigenvalue weighted by molar-refractivity contribution is -0.118. The molecule has 2 N–H and O–H groups in total. The first kappa shape index (κ1) is 23.2. The van der Waals surface area contributed by atoms with Crippen LogP contribution in [0.15, 0.2) is 54.6 Å². The Labute approximate surface area is 162 Å².